The van der Waals surface area contributed by atoms with Crippen molar-refractivity contribution in [3.63, 3.8) is 0 Å². The molecule has 2 aromatic rings. The smallest absolute Gasteiger partial charge is 0.222 e. The van der Waals surface area contributed by atoms with E-state index < -0.39 is 0 Å². The first-order valence-corrected chi connectivity index (χ1v) is 8.50. The lowest BCUT2D eigenvalue weighted by atomic mass is 10.3. The quantitative estimate of drug-likeness (QED) is 0.918. The fourth-order valence-electron chi connectivity index (χ4n) is 2.77. The number of aromatic nitrogens is 3. The monoisotopic (exact) mass is 319 g/mol. The first-order chi connectivity index (χ1) is 10.6. The van der Waals surface area contributed by atoms with Crippen LogP contribution in [-0.4, -0.2) is 38.7 Å². The van der Waals surface area contributed by atoms with Crippen LogP contribution in [0.4, 0.5) is 5.82 Å². The van der Waals surface area contributed by atoms with Crippen LogP contribution >= 0.6 is 11.3 Å². The molecule has 1 atom stereocenters. The minimum absolute atomic E-state index is 0.0893. The van der Waals surface area contributed by atoms with Gasteiger partial charge < -0.3 is 5.32 Å². The Hall–Kier alpha value is -1.73. The van der Waals surface area contributed by atoms with Crippen LogP contribution in [-0.2, 0) is 17.8 Å². The summed E-state index contributed by atoms with van der Waals surface area (Å²) in [6.45, 7) is 6.57. The molecule has 0 aromatic carbocycles. The van der Waals surface area contributed by atoms with Gasteiger partial charge in [0.2, 0.25) is 5.91 Å². The van der Waals surface area contributed by atoms with Crippen molar-refractivity contribution in [2.45, 2.75) is 39.3 Å². The summed E-state index contributed by atoms with van der Waals surface area (Å²) in [6, 6.07) is 2.21. The van der Waals surface area contributed by atoms with E-state index in [4.69, 9.17) is 0 Å². The highest BCUT2D eigenvalue weighted by molar-refractivity contribution is 7.09. The van der Waals surface area contributed by atoms with E-state index in [-0.39, 0.29) is 5.91 Å². The molecule has 0 saturated carbocycles. The highest BCUT2D eigenvalue weighted by atomic mass is 32.1. The maximum absolute atomic E-state index is 11.1. The zero-order valence-corrected chi connectivity index (χ0v) is 13.8. The number of carbonyl (C=O) groups is 1. The van der Waals surface area contributed by atoms with E-state index in [2.05, 4.69) is 32.6 Å². The van der Waals surface area contributed by atoms with Gasteiger partial charge in [0.1, 0.15) is 0 Å². The normalized spacial score (nSPS) is 18.7. The van der Waals surface area contributed by atoms with Crippen molar-refractivity contribution in [2.75, 3.05) is 18.4 Å². The highest BCUT2D eigenvalue weighted by Gasteiger charge is 2.25. The van der Waals surface area contributed by atoms with Gasteiger partial charge >= 0.3 is 0 Å². The van der Waals surface area contributed by atoms with Crippen molar-refractivity contribution >= 4 is 23.1 Å². The Bertz CT molecular complexity index is 650. The molecule has 0 radical (unpaired) electrons. The fourth-order valence-corrected chi connectivity index (χ4v) is 3.51. The number of rotatable bonds is 5. The van der Waals surface area contributed by atoms with Crippen molar-refractivity contribution in [1.82, 2.24) is 19.7 Å². The number of hydrogen-bond acceptors (Lipinski definition) is 5. The molecule has 1 saturated heterocycles. The molecule has 118 valence electrons. The Morgan fingerprint density at radius 1 is 1.55 bits per heavy atom. The van der Waals surface area contributed by atoms with Gasteiger partial charge in [-0.2, -0.15) is 5.10 Å². The molecular weight excluding hydrogens is 298 g/mol. The predicted molar refractivity (Wildman–Crippen MR) is 87.0 cm³/mol. The molecule has 2 aromatic heterocycles. The Morgan fingerprint density at radius 2 is 2.41 bits per heavy atom. The van der Waals surface area contributed by atoms with Gasteiger partial charge in [0.25, 0.3) is 0 Å². The number of anilines is 1. The molecule has 0 aliphatic carbocycles. The number of nitrogens with zero attached hydrogens (tertiary/aromatic N) is 4. The molecule has 0 bridgehead atoms. The third-order valence-electron chi connectivity index (χ3n) is 3.82. The molecule has 1 N–H and O–H groups in total. The molecule has 1 amide bonds. The maximum atomic E-state index is 11.1. The molecule has 1 aliphatic heterocycles. The van der Waals surface area contributed by atoms with Crippen molar-refractivity contribution in [3.05, 3.63) is 28.3 Å². The third-order valence-corrected chi connectivity index (χ3v) is 4.86. The Balaban J connectivity index is 1.57. The number of thiazole rings is 1. The summed E-state index contributed by atoms with van der Waals surface area (Å²) in [7, 11) is 0. The van der Waals surface area contributed by atoms with Crippen molar-refractivity contribution < 1.29 is 4.79 Å². The minimum atomic E-state index is -0.0893. The van der Waals surface area contributed by atoms with E-state index in [1.54, 1.807) is 11.3 Å². The summed E-state index contributed by atoms with van der Waals surface area (Å²) in [6.07, 6.45) is 4.02. The van der Waals surface area contributed by atoms with Gasteiger partial charge in [-0.05, 0) is 12.8 Å². The molecule has 3 heterocycles. The molecule has 0 spiro atoms. The van der Waals surface area contributed by atoms with Gasteiger partial charge in [-0.25, -0.2) is 4.98 Å². The number of hydrogen-bond donors (Lipinski definition) is 1. The number of likely N-dealkylation sites (tertiary alicyclic amines) is 1. The second kappa shape index (κ2) is 6.58. The Morgan fingerprint density at radius 3 is 3.14 bits per heavy atom. The van der Waals surface area contributed by atoms with E-state index in [0.717, 1.165) is 32.5 Å². The predicted octanol–water partition coefficient (Wildman–Crippen LogP) is 2.31. The van der Waals surface area contributed by atoms with E-state index in [0.29, 0.717) is 11.9 Å². The fraction of sp³-hybridized carbons (Fsp3) is 0.533. The molecule has 0 unspecified atom stereocenters. The Kier molecular flexibility index (Phi) is 4.54. The molecule has 1 fully saturated rings. The number of carbonyl (C=O) groups excluding carboxylic acids is 1. The van der Waals surface area contributed by atoms with Crippen molar-refractivity contribution in [3.8, 4) is 0 Å². The zero-order chi connectivity index (χ0) is 15.5. The van der Waals surface area contributed by atoms with E-state index in [1.807, 2.05) is 16.9 Å². The SMILES string of the molecule is CCc1nc(CN2CC[C@@H](n3ccc(NC(C)=O)n3)C2)cs1. The maximum Gasteiger partial charge on any atom is 0.222 e. The summed E-state index contributed by atoms with van der Waals surface area (Å²) in [5.74, 6) is 0.534. The van der Waals surface area contributed by atoms with Crippen LogP contribution in [0.25, 0.3) is 0 Å². The molecule has 7 heteroatoms. The van der Waals surface area contributed by atoms with Gasteiger partial charge in [0.05, 0.1) is 16.7 Å². The zero-order valence-electron chi connectivity index (χ0n) is 13.0. The topological polar surface area (TPSA) is 63.1 Å². The number of aryl methyl sites for hydroxylation is 1. The van der Waals surface area contributed by atoms with E-state index in [9.17, 15) is 4.79 Å². The van der Waals surface area contributed by atoms with Gasteiger partial charge in [0.15, 0.2) is 5.82 Å². The van der Waals surface area contributed by atoms with Crippen molar-refractivity contribution in [2.24, 2.45) is 0 Å². The van der Waals surface area contributed by atoms with Crippen LogP contribution in [0, 0.1) is 0 Å². The molecule has 1 aliphatic rings. The lowest BCUT2D eigenvalue weighted by molar-refractivity contribution is -0.114. The second-order valence-corrected chi connectivity index (χ2v) is 6.57. The standard InChI is InChI=1S/C15H21N5OS/c1-3-15-17-12(10-22-15)8-19-6-4-13(9-19)20-7-5-14(18-20)16-11(2)21/h5,7,10,13H,3-4,6,8-9H2,1-2H3,(H,16,18,21)/t13-/m1/s1. The van der Waals surface area contributed by atoms with Gasteiger partial charge in [-0.15, -0.1) is 11.3 Å². The first kappa shape index (κ1) is 15.2. The van der Waals surface area contributed by atoms with Crippen LogP contribution in [0.3, 0.4) is 0 Å². The van der Waals surface area contributed by atoms with Crippen molar-refractivity contribution in [1.29, 1.82) is 0 Å². The summed E-state index contributed by atoms with van der Waals surface area (Å²) in [5, 5.41) is 10.5. The molecule has 22 heavy (non-hydrogen) atoms. The minimum Gasteiger partial charge on any atom is -0.309 e. The van der Waals surface area contributed by atoms with E-state index >= 15 is 0 Å². The number of amides is 1. The second-order valence-electron chi connectivity index (χ2n) is 5.63. The summed E-state index contributed by atoms with van der Waals surface area (Å²) < 4.78 is 1.96. The average Bonchev–Trinajstić information content (AvgIpc) is 3.18. The van der Waals surface area contributed by atoms with Crippen LogP contribution in [0.1, 0.15) is 37.0 Å². The van der Waals surface area contributed by atoms with Crippen LogP contribution in [0.2, 0.25) is 0 Å². The first-order valence-electron chi connectivity index (χ1n) is 7.62. The third kappa shape index (κ3) is 3.53. The van der Waals surface area contributed by atoms with Gasteiger partial charge in [-0.3, -0.25) is 14.4 Å². The average molecular weight is 319 g/mol. The van der Waals surface area contributed by atoms with Crippen LogP contribution in [0.5, 0.6) is 0 Å². The summed E-state index contributed by atoms with van der Waals surface area (Å²) in [4.78, 5) is 18.1. The van der Waals surface area contributed by atoms with E-state index in [1.165, 1.54) is 17.6 Å². The largest absolute Gasteiger partial charge is 0.309 e. The highest BCUT2D eigenvalue weighted by Crippen LogP contribution is 2.24. The lowest BCUT2D eigenvalue weighted by Gasteiger charge is -2.14. The summed E-state index contributed by atoms with van der Waals surface area (Å²) in [5.41, 5.74) is 1.17. The molecule has 3 rings (SSSR count). The van der Waals surface area contributed by atoms with Crippen LogP contribution in [0.15, 0.2) is 17.6 Å². The molecule has 6 nitrogen and oxygen atoms in total. The van der Waals surface area contributed by atoms with Gasteiger partial charge in [0, 0.05) is 44.2 Å². The summed E-state index contributed by atoms with van der Waals surface area (Å²) >= 11 is 1.74. The Labute approximate surface area is 134 Å². The number of nitrogens with one attached hydrogen (secondary N) is 1. The lowest BCUT2D eigenvalue weighted by Crippen LogP contribution is -2.21. The molecular formula is C15H21N5OS. The van der Waals surface area contributed by atoms with Crippen LogP contribution < -0.4 is 5.32 Å². The van der Waals surface area contributed by atoms with Gasteiger partial charge in [-0.1, -0.05) is 6.92 Å².